The van der Waals surface area contributed by atoms with Gasteiger partial charge in [0.15, 0.2) is 6.10 Å². The van der Waals surface area contributed by atoms with Gasteiger partial charge in [0.2, 0.25) is 12.1 Å². The number of Topliss-reactive ketones (excluding diaryl/α,β-unsaturated/α-hetero) is 1. The Balaban J connectivity index is 2.61. The van der Waals surface area contributed by atoms with Crippen LogP contribution in [0.4, 0.5) is 0 Å². The molecule has 9 heteroatoms. The van der Waals surface area contributed by atoms with Crippen LogP contribution in [-0.2, 0) is 18.6 Å². The van der Waals surface area contributed by atoms with E-state index in [0.717, 1.165) is 6.42 Å². The smallest absolute Gasteiger partial charge is 0.224 e. The van der Waals surface area contributed by atoms with Crippen molar-refractivity contribution in [2.45, 2.75) is 31.8 Å². The highest BCUT2D eigenvalue weighted by Gasteiger charge is 2.44. The van der Waals surface area contributed by atoms with Crippen molar-refractivity contribution in [2.24, 2.45) is 0 Å². The van der Waals surface area contributed by atoms with Crippen LogP contribution in [0.3, 0.4) is 0 Å². The lowest BCUT2D eigenvalue weighted by molar-refractivity contribution is -0.137. The summed E-state index contributed by atoms with van der Waals surface area (Å²) in [5.74, 6) is -0.103. The van der Waals surface area contributed by atoms with E-state index in [1.54, 1.807) is 0 Å². The maximum absolute atomic E-state index is 11.8. The Morgan fingerprint density at radius 2 is 2.27 bits per heavy atom. The first-order valence-corrected chi connectivity index (χ1v) is 11.6. The molecule has 0 aromatic rings. The topological polar surface area (TPSA) is 44.8 Å². The highest BCUT2D eigenvalue weighted by Crippen LogP contribution is 2.55. The van der Waals surface area contributed by atoms with E-state index in [1.165, 1.54) is 0 Å². The monoisotopic (exact) mass is 306 g/mol. The van der Waals surface area contributed by atoms with Crippen LogP contribution in [0.5, 0.6) is 0 Å². The minimum Gasteiger partial charge on any atom is -0.345 e. The summed E-state index contributed by atoms with van der Waals surface area (Å²) in [5.41, 5.74) is 0. The van der Waals surface area contributed by atoms with E-state index in [1.807, 2.05) is 6.92 Å². The van der Waals surface area contributed by atoms with Gasteiger partial charge in [-0.2, -0.15) is 0 Å². The predicted octanol–water partition coefficient (Wildman–Crippen LogP) is 2.45. The quantitative estimate of drug-likeness (QED) is 0.732. The molecular formula is C6H15O4P5. The normalized spacial score (nSPS) is 32.3. The van der Waals surface area contributed by atoms with Crippen LogP contribution in [-0.4, -0.2) is 24.3 Å². The molecule has 4 nitrogen and oxygen atoms in total. The maximum Gasteiger partial charge on any atom is 0.224 e. The number of ether oxygens (including phenoxy) is 1. The zero-order chi connectivity index (χ0) is 11.4. The van der Waals surface area contributed by atoms with Crippen LogP contribution in [0.15, 0.2) is 0 Å². The first-order chi connectivity index (χ1) is 7.10. The summed E-state index contributed by atoms with van der Waals surface area (Å²) < 4.78 is 16.2. The average Bonchev–Trinajstić information content (AvgIpc) is 2.46. The second kappa shape index (κ2) is 7.20. The first kappa shape index (κ1) is 14.8. The molecule has 7 atom stereocenters. The molecule has 0 bridgehead atoms. The first-order valence-electron chi connectivity index (χ1n) is 4.36. The molecule has 0 aromatic carbocycles. The van der Waals surface area contributed by atoms with Crippen molar-refractivity contribution in [3.63, 3.8) is 0 Å². The third-order valence-corrected chi connectivity index (χ3v) is 3.93. The van der Waals surface area contributed by atoms with E-state index in [0.29, 0.717) is 0 Å². The van der Waals surface area contributed by atoms with Gasteiger partial charge in [-0.15, -0.1) is 0 Å². The Labute approximate surface area is 99.3 Å². The van der Waals surface area contributed by atoms with Gasteiger partial charge in [0.1, 0.15) is 0 Å². The number of hydrogen-bond acceptors (Lipinski definition) is 4. The molecule has 0 spiro atoms. The number of ketones is 1. The second-order valence-electron chi connectivity index (χ2n) is 2.94. The summed E-state index contributed by atoms with van der Waals surface area (Å²) in [6.45, 7) is 1.97. The summed E-state index contributed by atoms with van der Waals surface area (Å²) in [7, 11) is 6.91. The fourth-order valence-corrected chi connectivity index (χ4v) is 3.21. The third kappa shape index (κ3) is 4.13. The van der Waals surface area contributed by atoms with Crippen LogP contribution in [0, 0.1) is 0 Å². The van der Waals surface area contributed by atoms with Crippen molar-refractivity contribution in [3.8, 4) is 0 Å². The van der Waals surface area contributed by atoms with Gasteiger partial charge in [0.05, 0.1) is 13.6 Å². The van der Waals surface area contributed by atoms with Gasteiger partial charge in [-0.1, -0.05) is 33.7 Å². The molecule has 1 fully saturated rings. The van der Waals surface area contributed by atoms with Crippen molar-refractivity contribution in [1.82, 2.24) is 0 Å². The highest BCUT2D eigenvalue weighted by atomic mass is 32.4. The Morgan fingerprint density at radius 3 is 2.73 bits per heavy atom. The number of carbonyl (C=O) groups excluding carboxylic acids is 1. The number of carbonyl (C=O) groups is 1. The molecule has 0 aromatic heterocycles. The summed E-state index contributed by atoms with van der Waals surface area (Å²) in [6, 6.07) is 0. The fraction of sp³-hybridized carbons (Fsp3) is 0.833. The lowest BCUT2D eigenvalue weighted by Crippen LogP contribution is -2.28. The van der Waals surface area contributed by atoms with E-state index in [4.69, 9.17) is 13.8 Å². The molecular weight excluding hydrogens is 291 g/mol. The van der Waals surface area contributed by atoms with Crippen LogP contribution in [0.2, 0.25) is 0 Å². The molecule has 15 heavy (non-hydrogen) atoms. The molecule has 5 unspecified atom stereocenters. The van der Waals surface area contributed by atoms with E-state index in [2.05, 4.69) is 26.8 Å². The highest BCUT2D eigenvalue weighted by molar-refractivity contribution is 8.41. The van der Waals surface area contributed by atoms with Crippen LogP contribution >= 0.6 is 42.8 Å². The summed E-state index contributed by atoms with van der Waals surface area (Å²) >= 11 is 0. The molecule has 0 aliphatic carbocycles. The van der Waals surface area contributed by atoms with Crippen molar-refractivity contribution in [3.05, 3.63) is 0 Å². The molecule has 1 aliphatic rings. The zero-order valence-electron chi connectivity index (χ0n) is 8.25. The Morgan fingerprint density at radius 1 is 1.60 bits per heavy atom. The maximum atomic E-state index is 11.8. The van der Waals surface area contributed by atoms with Crippen LogP contribution in [0.25, 0.3) is 0 Å². The number of rotatable bonds is 5. The fourth-order valence-electron chi connectivity index (χ4n) is 1.32. The predicted molar refractivity (Wildman–Crippen MR) is 74.3 cm³/mol. The molecule has 1 heterocycles. The Kier molecular flexibility index (Phi) is 7.09. The molecule has 88 valence electrons. The minimum atomic E-state index is -0.762. The molecule has 1 rings (SSSR count). The van der Waals surface area contributed by atoms with Gasteiger partial charge in [-0.05, 0) is 6.42 Å². The van der Waals surface area contributed by atoms with Crippen molar-refractivity contribution >= 4 is 48.6 Å². The standard InChI is InChI=1S/C6H15O4P5/c1-2-3-5(9-14-11)4(7)6(8-3)10-15(12)13/h3,5-6,14H,2,11-13H2,1H3/t3-,5+,6?/m1/s1. The molecule has 1 aliphatic heterocycles. The Bertz CT molecular complexity index is 226. The third-order valence-electron chi connectivity index (χ3n) is 1.96. The second-order valence-corrected chi connectivity index (χ2v) is 9.89. The summed E-state index contributed by atoms with van der Waals surface area (Å²) in [4.78, 5) is 11.8. The van der Waals surface area contributed by atoms with Gasteiger partial charge < -0.3 is 13.8 Å². The lowest BCUT2D eigenvalue weighted by Gasteiger charge is -2.14. The molecule has 0 saturated carbocycles. The minimum absolute atomic E-state index is 0.103. The molecule has 1 saturated heterocycles. The van der Waals surface area contributed by atoms with Gasteiger partial charge in [-0.3, -0.25) is 4.79 Å². The van der Waals surface area contributed by atoms with Gasteiger partial charge in [0, 0.05) is 8.50 Å². The van der Waals surface area contributed by atoms with Crippen molar-refractivity contribution < 1.29 is 18.6 Å². The van der Waals surface area contributed by atoms with E-state index < -0.39 is 19.9 Å². The van der Waals surface area contributed by atoms with E-state index >= 15 is 0 Å². The van der Waals surface area contributed by atoms with E-state index in [-0.39, 0.29) is 20.4 Å². The van der Waals surface area contributed by atoms with E-state index in [9.17, 15) is 4.79 Å². The summed E-state index contributed by atoms with van der Waals surface area (Å²) in [5, 5.41) is 0. The lowest BCUT2D eigenvalue weighted by atomic mass is 10.1. The molecule has 0 N–H and O–H groups in total. The van der Waals surface area contributed by atoms with Crippen LogP contribution < -0.4 is 0 Å². The van der Waals surface area contributed by atoms with Crippen molar-refractivity contribution in [2.75, 3.05) is 0 Å². The SMILES string of the molecule is CC[C@H]1OC(OP(P)P)C(=O)[C@H]1OPP. The molecule has 0 amide bonds. The Hall–Kier alpha value is 1.70. The molecule has 0 radical (unpaired) electrons. The largest absolute Gasteiger partial charge is 0.345 e. The number of hydrogen-bond donors (Lipinski definition) is 0. The van der Waals surface area contributed by atoms with Gasteiger partial charge in [0.25, 0.3) is 0 Å². The van der Waals surface area contributed by atoms with Crippen molar-refractivity contribution in [1.29, 1.82) is 0 Å². The van der Waals surface area contributed by atoms with Gasteiger partial charge >= 0.3 is 0 Å². The zero-order valence-corrected chi connectivity index (χ0v) is 13.6. The van der Waals surface area contributed by atoms with Gasteiger partial charge in [-0.25, -0.2) is 0 Å². The average molecular weight is 306 g/mol. The van der Waals surface area contributed by atoms with Crippen LogP contribution in [0.1, 0.15) is 13.3 Å². The summed E-state index contributed by atoms with van der Waals surface area (Å²) in [6.07, 6.45) is -0.666.